The zero-order chi connectivity index (χ0) is 57.2. The molecule has 1 saturated heterocycles. The quantitative estimate of drug-likeness (QED) is 0.0128. The topological polar surface area (TPSA) is 241 Å². The standard InChI is InChI=1S/C28H35N5O5S.C24H31N5O2S.C4H4O3.Na/c1-5-6-7-8-13-33(14-15-37-16-17-38-26(36)12-11-25(34)35)22-9-10-23(20(2)18-22)31-32-28-27(30-4)21(3)24(19-29)39-28;1-6-7-8-9-12-29(13-15-31-16-14-30)20-10-11-21(18(2)17-20)27-28-24-22(25-4)19(3)23(26-5)32-24;5-3-1-2-4(6)7-3;/h9-10,18H,5-8,11-17H2,1-3H3,(H,34,35);10-11,17,30H,6-9,12-16H2,1-3H3;1-2H2;/q;;;+1/p-1. The summed E-state index contributed by atoms with van der Waals surface area (Å²) in [6.07, 6.45) is 9.22. The maximum Gasteiger partial charge on any atom is 1.00 e. The first-order valence-corrected chi connectivity index (χ1v) is 27.5. The molecule has 0 unspecified atom stereocenters. The van der Waals surface area contributed by atoms with Gasteiger partial charge in [0.05, 0.1) is 88.3 Å². The van der Waals surface area contributed by atoms with Crippen molar-refractivity contribution < 1.29 is 77.9 Å². The number of hydrogen-bond donors (Lipinski definition) is 1. The van der Waals surface area contributed by atoms with Crippen molar-refractivity contribution in [2.75, 3.05) is 75.6 Å². The molecular weight excluding hydrogens is 1060 g/mol. The van der Waals surface area contributed by atoms with Gasteiger partial charge < -0.3 is 43.8 Å². The van der Waals surface area contributed by atoms with E-state index < -0.39 is 23.9 Å². The van der Waals surface area contributed by atoms with E-state index in [2.05, 4.69) is 75.5 Å². The van der Waals surface area contributed by atoms with Gasteiger partial charge in [0.1, 0.15) is 22.7 Å². The van der Waals surface area contributed by atoms with Crippen molar-refractivity contribution in [3.63, 3.8) is 0 Å². The molecule has 0 aliphatic carbocycles. The molecule has 1 fully saturated rings. The third kappa shape index (κ3) is 24.6. The monoisotopic (exact) mass is 1130 g/mol. The Bertz CT molecular complexity index is 2820. The molecule has 0 spiro atoms. The molecule has 0 saturated carbocycles. The van der Waals surface area contributed by atoms with Gasteiger partial charge in [0.2, 0.25) is 16.4 Å². The van der Waals surface area contributed by atoms with Gasteiger partial charge in [-0.15, -0.1) is 22.7 Å². The molecule has 20 nitrogen and oxygen atoms in total. The van der Waals surface area contributed by atoms with Crippen LogP contribution in [0.1, 0.15) is 118 Å². The van der Waals surface area contributed by atoms with E-state index in [1.807, 2.05) is 44.2 Å². The Labute approximate surface area is 494 Å². The first-order chi connectivity index (χ1) is 37.6. The minimum atomic E-state index is -1.28. The van der Waals surface area contributed by atoms with E-state index in [1.165, 1.54) is 48.4 Å². The summed E-state index contributed by atoms with van der Waals surface area (Å²) >= 11 is 2.37. The smallest absolute Gasteiger partial charge is 0.550 e. The number of nitriles is 1. The van der Waals surface area contributed by atoms with Crippen LogP contribution in [0.5, 0.6) is 0 Å². The van der Waals surface area contributed by atoms with Gasteiger partial charge in [-0.25, -0.2) is 14.5 Å². The zero-order valence-electron chi connectivity index (χ0n) is 46.4. The number of hydrogen-bond acceptors (Lipinski definition) is 19. The summed E-state index contributed by atoms with van der Waals surface area (Å²) < 4.78 is 20.2. The normalized spacial score (nSPS) is 11.5. The van der Waals surface area contributed by atoms with Gasteiger partial charge in [0.25, 0.3) is 0 Å². The predicted octanol–water partition coefficient (Wildman–Crippen LogP) is 9.81. The molecule has 2 aromatic carbocycles. The van der Waals surface area contributed by atoms with Crippen LogP contribution in [0.4, 0.5) is 49.1 Å². The maximum atomic E-state index is 11.5. The fraction of sp³-hybridized carbons (Fsp3) is 0.500. The van der Waals surface area contributed by atoms with E-state index in [0.29, 0.717) is 74.4 Å². The molecule has 3 heterocycles. The minimum absolute atomic E-state index is 0. The Hall–Kier alpha value is -6.44. The van der Waals surface area contributed by atoms with Crippen molar-refractivity contribution >= 4 is 95.7 Å². The molecule has 1 aliphatic heterocycles. The molecule has 0 atom stereocenters. The molecule has 5 rings (SSSR count). The first kappa shape index (κ1) is 68.7. The number of aliphatic carboxylic acids is 1. The fourth-order valence-corrected chi connectivity index (χ4v) is 9.14. The van der Waals surface area contributed by atoms with Crippen LogP contribution in [0, 0.1) is 58.7 Å². The number of esters is 3. The number of aryl methyl sites for hydroxylation is 2. The van der Waals surface area contributed by atoms with Crippen LogP contribution < -0.4 is 44.5 Å². The summed E-state index contributed by atoms with van der Waals surface area (Å²) in [6.45, 7) is 38.8. The van der Waals surface area contributed by atoms with E-state index >= 15 is 0 Å². The second-order valence-corrected chi connectivity index (χ2v) is 19.6. The van der Waals surface area contributed by atoms with Gasteiger partial charge in [-0.1, -0.05) is 59.3 Å². The molecular formula is C56H69N10NaO10S2. The van der Waals surface area contributed by atoms with Crippen LogP contribution in [0.25, 0.3) is 14.5 Å². The van der Waals surface area contributed by atoms with E-state index in [9.17, 15) is 29.5 Å². The molecule has 0 radical (unpaired) electrons. The number of azo groups is 2. The van der Waals surface area contributed by atoms with E-state index in [0.717, 1.165) is 73.5 Å². The molecule has 23 heteroatoms. The number of unbranched alkanes of at least 4 members (excludes halogenated alkanes) is 6. The Kier molecular flexibility index (Phi) is 33.9. The second-order valence-electron chi connectivity index (χ2n) is 17.7. The van der Waals surface area contributed by atoms with E-state index in [-0.39, 0.29) is 75.1 Å². The SMILES string of the molecule is O=C1CCC(=O)O1.[C-]#[N+]c1c(N=Nc2ccc(N(CCCCCC)CCOCCOC(=O)CCC(=O)[O-])cc2C)sc(C#N)c1C.[C-]#[N+]c1sc(N=Nc2ccc(N(CCCCCC)CCOCCO)cc2C)c([N+]#[C-])c1C.[Na+]. The summed E-state index contributed by atoms with van der Waals surface area (Å²) in [6, 6.07) is 14.1. The number of carboxylic acid groups (broad SMARTS) is 1. The maximum absolute atomic E-state index is 11.5. The summed E-state index contributed by atoms with van der Waals surface area (Å²) in [5.41, 5.74) is 7.54. The summed E-state index contributed by atoms with van der Waals surface area (Å²) in [5.74, 6) is -2.66. The van der Waals surface area contributed by atoms with Crippen molar-refractivity contribution in [1.82, 2.24) is 0 Å². The third-order valence-electron chi connectivity index (χ3n) is 11.8. The average Bonchev–Trinajstić information content (AvgIpc) is 4.11. The largest absolute Gasteiger partial charge is 1.00 e. The van der Waals surface area contributed by atoms with Gasteiger partial charge in [-0.2, -0.15) is 25.7 Å². The Morgan fingerprint density at radius 3 is 1.63 bits per heavy atom. The summed E-state index contributed by atoms with van der Waals surface area (Å²) in [7, 11) is 0. The van der Waals surface area contributed by atoms with Gasteiger partial charge in [0.15, 0.2) is 0 Å². The third-order valence-corrected chi connectivity index (χ3v) is 13.9. The van der Waals surface area contributed by atoms with Crippen LogP contribution in [0.3, 0.4) is 0 Å². The van der Waals surface area contributed by atoms with Crippen molar-refractivity contribution in [2.45, 2.75) is 119 Å². The van der Waals surface area contributed by atoms with Crippen LogP contribution in [-0.2, 0) is 38.1 Å². The summed E-state index contributed by atoms with van der Waals surface area (Å²) in [4.78, 5) is 57.4. The van der Waals surface area contributed by atoms with Gasteiger partial charge in [0, 0.05) is 43.5 Å². The Balaban J connectivity index is 0.000000480. The predicted molar refractivity (Wildman–Crippen MR) is 299 cm³/mol. The van der Waals surface area contributed by atoms with Crippen LogP contribution in [-0.4, -0.2) is 94.8 Å². The first-order valence-electron chi connectivity index (χ1n) is 25.8. The fourth-order valence-electron chi connectivity index (χ4n) is 7.42. The number of ether oxygens (including phenoxy) is 4. The Morgan fingerprint density at radius 2 is 1.20 bits per heavy atom. The molecule has 2 aromatic heterocycles. The number of aliphatic hydroxyl groups is 1. The molecule has 416 valence electrons. The van der Waals surface area contributed by atoms with Crippen LogP contribution >= 0.6 is 22.7 Å². The molecule has 79 heavy (non-hydrogen) atoms. The van der Waals surface area contributed by atoms with Crippen molar-refractivity contribution in [3.05, 3.63) is 97.8 Å². The van der Waals surface area contributed by atoms with Gasteiger partial charge in [-0.05, 0) is 98.7 Å². The van der Waals surface area contributed by atoms with E-state index in [1.54, 1.807) is 13.8 Å². The van der Waals surface area contributed by atoms with Crippen molar-refractivity contribution in [3.8, 4) is 6.07 Å². The van der Waals surface area contributed by atoms with Crippen molar-refractivity contribution in [1.29, 1.82) is 5.26 Å². The van der Waals surface area contributed by atoms with Crippen LogP contribution in [0.2, 0.25) is 0 Å². The molecule has 4 aromatic rings. The number of thiophene rings is 2. The van der Waals surface area contributed by atoms with Gasteiger partial charge >= 0.3 is 47.5 Å². The number of anilines is 2. The Morgan fingerprint density at radius 1 is 0.696 bits per heavy atom. The number of aliphatic hydroxyl groups excluding tert-OH is 1. The summed E-state index contributed by atoms with van der Waals surface area (Å²) in [5, 5.41) is 47.3. The second kappa shape index (κ2) is 39.0. The average molecular weight is 1130 g/mol. The number of benzene rings is 2. The number of cyclic esters (lactones) is 2. The van der Waals surface area contributed by atoms with Crippen molar-refractivity contribution in [2.24, 2.45) is 20.5 Å². The number of carbonyl (C=O) groups is 4. The number of nitrogens with zero attached hydrogens (tertiary/aromatic N) is 10. The number of carboxylic acids is 1. The van der Waals surface area contributed by atoms with E-state index in [4.69, 9.17) is 39.0 Å². The molecule has 1 N–H and O–H groups in total. The molecule has 1 aliphatic rings. The zero-order valence-corrected chi connectivity index (χ0v) is 50.1. The van der Waals surface area contributed by atoms with Crippen LogP contribution in [0.15, 0.2) is 56.9 Å². The number of rotatable bonds is 30. The minimum Gasteiger partial charge on any atom is -0.550 e. The number of carbonyl (C=O) groups excluding carboxylic acids is 4. The molecule has 0 bridgehead atoms. The van der Waals surface area contributed by atoms with Gasteiger partial charge in [-0.3, -0.25) is 14.4 Å². The molecule has 0 amide bonds.